The minimum Gasteiger partial charge on any atom is -0.366 e. The third-order valence-electron chi connectivity index (χ3n) is 3.31. The van der Waals surface area contributed by atoms with Crippen LogP contribution in [0.15, 0.2) is 24.3 Å². The quantitative estimate of drug-likeness (QED) is 0.873. The number of nitrogens with zero attached hydrogens (tertiary/aromatic N) is 2. The van der Waals surface area contributed by atoms with E-state index in [1.807, 2.05) is 18.2 Å². The van der Waals surface area contributed by atoms with Gasteiger partial charge in [0.1, 0.15) is 0 Å². The molecule has 17 heavy (non-hydrogen) atoms. The first kappa shape index (κ1) is 12.7. The molecule has 94 valence electrons. The van der Waals surface area contributed by atoms with E-state index in [0.717, 1.165) is 24.7 Å². The Morgan fingerprint density at radius 1 is 1.41 bits per heavy atom. The van der Waals surface area contributed by atoms with Gasteiger partial charge in [0.2, 0.25) is 0 Å². The first-order valence-corrected chi connectivity index (χ1v) is 6.49. The lowest BCUT2D eigenvalue weighted by molar-refractivity contribution is 0.332. The van der Waals surface area contributed by atoms with Gasteiger partial charge in [0.25, 0.3) is 0 Å². The molecule has 1 heterocycles. The average Bonchev–Trinajstić information content (AvgIpc) is 2.50. The Labute approximate surface area is 108 Å². The maximum Gasteiger partial charge on any atom is 0.0539 e. The van der Waals surface area contributed by atoms with E-state index < -0.39 is 0 Å². The van der Waals surface area contributed by atoms with E-state index in [-0.39, 0.29) is 0 Å². The monoisotopic (exact) mass is 253 g/mol. The van der Waals surface area contributed by atoms with Crippen LogP contribution in [0, 0.1) is 0 Å². The maximum atomic E-state index is 6.06. The van der Waals surface area contributed by atoms with Gasteiger partial charge in [0, 0.05) is 30.3 Å². The Morgan fingerprint density at radius 2 is 2.24 bits per heavy atom. The molecular formula is C13H20ClN3. The second-order valence-corrected chi connectivity index (χ2v) is 5.12. The van der Waals surface area contributed by atoms with Crippen molar-refractivity contribution >= 4 is 17.3 Å². The molecule has 1 aliphatic heterocycles. The summed E-state index contributed by atoms with van der Waals surface area (Å²) < 4.78 is 0. The van der Waals surface area contributed by atoms with Crippen molar-refractivity contribution in [3.05, 3.63) is 29.3 Å². The van der Waals surface area contributed by atoms with Crippen LogP contribution in [-0.4, -0.2) is 44.2 Å². The van der Waals surface area contributed by atoms with E-state index in [1.165, 1.54) is 12.1 Å². The normalized spacial score (nSPS) is 22.5. The van der Waals surface area contributed by atoms with E-state index >= 15 is 0 Å². The summed E-state index contributed by atoms with van der Waals surface area (Å²) in [5, 5.41) is 0.788. The van der Waals surface area contributed by atoms with Crippen LogP contribution >= 0.6 is 11.6 Å². The van der Waals surface area contributed by atoms with Crippen LogP contribution in [0.5, 0.6) is 0 Å². The minimum atomic E-state index is 0.376. The van der Waals surface area contributed by atoms with Crippen LogP contribution in [0.25, 0.3) is 0 Å². The highest BCUT2D eigenvalue weighted by molar-refractivity contribution is 6.30. The zero-order valence-corrected chi connectivity index (χ0v) is 11.0. The van der Waals surface area contributed by atoms with Gasteiger partial charge in [-0.3, -0.25) is 0 Å². The maximum absolute atomic E-state index is 6.06. The highest BCUT2D eigenvalue weighted by atomic mass is 35.5. The van der Waals surface area contributed by atoms with Crippen LogP contribution in [0.1, 0.15) is 6.42 Å². The molecule has 1 atom stereocenters. The standard InChI is InChI=1S/C13H20ClN3/c1-16-6-3-7-17(13(9-15)10-16)12-5-2-4-11(14)8-12/h2,4-5,8,13H,3,6-7,9-10,15H2,1H3. The van der Waals surface area contributed by atoms with Gasteiger partial charge in [-0.2, -0.15) is 0 Å². The SMILES string of the molecule is CN1CCCN(c2cccc(Cl)c2)C(CN)C1. The Bertz CT molecular complexity index is 369. The van der Waals surface area contributed by atoms with E-state index in [9.17, 15) is 0 Å². The van der Waals surface area contributed by atoms with E-state index in [2.05, 4.69) is 22.9 Å². The van der Waals surface area contributed by atoms with Gasteiger partial charge in [-0.25, -0.2) is 0 Å². The van der Waals surface area contributed by atoms with Gasteiger partial charge >= 0.3 is 0 Å². The highest BCUT2D eigenvalue weighted by Crippen LogP contribution is 2.23. The Hall–Kier alpha value is -0.770. The number of likely N-dealkylation sites (N-methyl/N-ethyl adjacent to an activating group) is 1. The summed E-state index contributed by atoms with van der Waals surface area (Å²) >= 11 is 6.06. The fraction of sp³-hybridized carbons (Fsp3) is 0.538. The summed E-state index contributed by atoms with van der Waals surface area (Å²) in [6.07, 6.45) is 1.17. The molecule has 0 spiro atoms. The molecule has 1 aromatic rings. The van der Waals surface area contributed by atoms with E-state index in [4.69, 9.17) is 17.3 Å². The Balaban J connectivity index is 2.22. The fourth-order valence-electron chi connectivity index (χ4n) is 2.44. The van der Waals surface area contributed by atoms with Gasteiger partial charge in [0.05, 0.1) is 6.04 Å². The van der Waals surface area contributed by atoms with Crippen LogP contribution < -0.4 is 10.6 Å². The molecule has 0 radical (unpaired) electrons. The van der Waals surface area contributed by atoms with Crippen molar-refractivity contribution in [3.63, 3.8) is 0 Å². The lowest BCUT2D eigenvalue weighted by Crippen LogP contribution is -2.45. The minimum absolute atomic E-state index is 0.376. The van der Waals surface area contributed by atoms with Crippen molar-refractivity contribution in [1.29, 1.82) is 0 Å². The topological polar surface area (TPSA) is 32.5 Å². The van der Waals surface area contributed by atoms with Crippen molar-refractivity contribution < 1.29 is 0 Å². The lowest BCUT2D eigenvalue weighted by Gasteiger charge is -2.32. The molecule has 1 unspecified atom stereocenters. The van der Waals surface area contributed by atoms with Gasteiger partial charge in [-0.05, 0) is 38.2 Å². The van der Waals surface area contributed by atoms with Gasteiger partial charge in [0.15, 0.2) is 0 Å². The highest BCUT2D eigenvalue weighted by Gasteiger charge is 2.22. The van der Waals surface area contributed by atoms with Crippen molar-refractivity contribution in [2.75, 3.05) is 38.1 Å². The second kappa shape index (κ2) is 5.71. The predicted octanol–water partition coefficient (Wildman–Crippen LogP) is 1.81. The summed E-state index contributed by atoms with van der Waals surface area (Å²) in [4.78, 5) is 4.73. The van der Waals surface area contributed by atoms with Gasteiger partial charge in [-0.15, -0.1) is 0 Å². The lowest BCUT2D eigenvalue weighted by atomic mass is 10.2. The summed E-state index contributed by atoms with van der Waals surface area (Å²) in [5.41, 5.74) is 7.08. The first-order valence-electron chi connectivity index (χ1n) is 6.11. The van der Waals surface area contributed by atoms with E-state index in [1.54, 1.807) is 0 Å². The zero-order chi connectivity index (χ0) is 12.3. The molecule has 2 rings (SSSR count). The number of halogens is 1. The summed E-state index contributed by atoms with van der Waals surface area (Å²) in [6.45, 7) is 3.87. The largest absolute Gasteiger partial charge is 0.366 e. The van der Waals surface area contributed by atoms with E-state index in [0.29, 0.717) is 12.6 Å². The number of hydrogen-bond acceptors (Lipinski definition) is 3. The van der Waals surface area contributed by atoms with Crippen molar-refractivity contribution in [1.82, 2.24) is 4.90 Å². The molecule has 0 saturated carbocycles. The molecule has 1 fully saturated rings. The van der Waals surface area contributed by atoms with Crippen LogP contribution in [0.3, 0.4) is 0 Å². The average molecular weight is 254 g/mol. The predicted molar refractivity (Wildman–Crippen MR) is 73.8 cm³/mol. The third kappa shape index (κ3) is 3.12. The third-order valence-corrected chi connectivity index (χ3v) is 3.55. The molecule has 1 aliphatic rings. The van der Waals surface area contributed by atoms with Crippen molar-refractivity contribution in [3.8, 4) is 0 Å². The summed E-state index contributed by atoms with van der Waals surface area (Å²) in [7, 11) is 2.16. The molecule has 3 nitrogen and oxygen atoms in total. The van der Waals surface area contributed by atoms with Crippen LogP contribution in [0.2, 0.25) is 5.02 Å². The Kier molecular flexibility index (Phi) is 4.26. The molecule has 0 bridgehead atoms. The Morgan fingerprint density at radius 3 is 2.94 bits per heavy atom. The van der Waals surface area contributed by atoms with Gasteiger partial charge in [-0.1, -0.05) is 17.7 Å². The fourth-order valence-corrected chi connectivity index (χ4v) is 2.62. The smallest absolute Gasteiger partial charge is 0.0539 e. The second-order valence-electron chi connectivity index (χ2n) is 4.68. The molecule has 4 heteroatoms. The summed E-state index contributed by atoms with van der Waals surface area (Å²) in [5.74, 6) is 0. The molecular weight excluding hydrogens is 234 g/mol. The number of anilines is 1. The molecule has 1 saturated heterocycles. The molecule has 1 aromatic carbocycles. The van der Waals surface area contributed by atoms with Crippen molar-refractivity contribution in [2.24, 2.45) is 5.73 Å². The number of benzene rings is 1. The van der Waals surface area contributed by atoms with Crippen LogP contribution in [0.4, 0.5) is 5.69 Å². The number of hydrogen-bond donors (Lipinski definition) is 1. The van der Waals surface area contributed by atoms with Crippen LogP contribution in [-0.2, 0) is 0 Å². The zero-order valence-electron chi connectivity index (χ0n) is 10.3. The molecule has 0 aliphatic carbocycles. The number of nitrogens with two attached hydrogens (primary N) is 1. The molecule has 0 aromatic heterocycles. The number of rotatable bonds is 2. The first-order chi connectivity index (χ1) is 8.20. The molecule has 2 N–H and O–H groups in total. The van der Waals surface area contributed by atoms with Gasteiger partial charge < -0.3 is 15.5 Å². The van der Waals surface area contributed by atoms with Crippen molar-refractivity contribution in [2.45, 2.75) is 12.5 Å². The molecule has 0 amide bonds. The summed E-state index contributed by atoms with van der Waals surface area (Å²) in [6, 6.07) is 8.42.